The molecule has 0 heterocycles. The van der Waals surface area contributed by atoms with Crippen LogP contribution >= 0.6 is 0 Å². The second kappa shape index (κ2) is 4.48. The van der Waals surface area contributed by atoms with Crippen LogP contribution in [-0.2, 0) is 10.3 Å². The molecule has 1 unspecified atom stereocenters. The zero-order valence-corrected chi connectivity index (χ0v) is 10.1. The van der Waals surface area contributed by atoms with Gasteiger partial charge in [-0.3, -0.25) is 14.9 Å². The van der Waals surface area contributed by atoms with Crippen LogP contribution in [0.1, 0.15) is 36.8 Å². The van der Waals surface area contributed by atoms with Crippen LogP contribution < -0.4 is 0 Å². The van der Waals surface area contributed by atoms with E-state index in [2.05, 4.69) is 0 Å². The maximum Gasteiger partial charge on any atom is 0.306 e. The molecule has 0 amide bonds. The van der Waals surface area contributed by atoms with E-state index in [0.29, 0.717) is 18.4 Å². The first-order valence-corrected chi connectivity index (χ1v) is 5.93. The minimum absolute atomic E-state index is 0.0825. The number of ketones is 1. The van der Waals surface area contributed by atoms with E-state index in [9.17, 15) is 19.3 Å². The van der Waals surface area contributed by atoms with Crippen molar-refractivity contribution in [1.82, 2.24) is 0 Å². The van der Waals surface area contributed by atoms with E-state index < -0.39 is 22.1 Å². The molecule has 1 fully saturated rings. The minimum Gasteiger partial charge on any atom is -0.291 e. The number of rotatable bonds is 2. The molecule has 0 N–H and O–H groups in total. The summed E-state index contributed by atoms with van der Waals surface area (Å²) in [5.41, 5.74) is -1.25. The summed E-state index contributed by atoms with van der Waals surface area (Å²) in [5.74, 6) is -1.16. The van der Waals surface area contributed by atoms with Gasteiger partial charge in [0, 0.05) is 17.8 Å². The summed E-state index contributed by atoms with van der Waals surface area (Å²) in [6.07, 6.45) is 1.44. The van der Waals surface area contributed by atoms with Crippen molar-refractivity contribution in [3.63, 3.8) is 0 Å². The normalized spacial score (nSPS) is 24.0. The number of carbonyl (C=O) groups is 1. The van der Waals surface area contributed by atoms with Gasteiger partial charge in [-0.15, -0.1) is 0 Å². The zero-order valence-electron chi connectivity index (χ0n) is 10.1. The first kappa shape index (κ1) is 12.7. The molecular formula is C13H14FNO3. The van der Waals surface area contributed by atoms with Gasteiger partial charge in [0.25, 0.3) is 0 Å². The lowest BCUT2D eigenvalue weighted by Crippen LogP contribution is -2.46. The first-order chi connectivity index (χ1) is 8.48. The highest BCUT2D eigenvalue weighted by Crippen LogP contribution is 2.38. The Hall–Kier alpha value is -1.78. The van der Waals surface area contributed by atoms with E-state index in [1.54, 1.807) is 13.0 Å². The van der Waals surface area contributed by atoms with E-state index in [1.165, 1.54) is 12.1 Å². The largest absolute Gasteiger partial charge is 0.306 e. The molecule has 1 aliphatic carbocycles. The Morgan fingerprint density at radius 3 is 2.72 bits per heavy atom. The molecule has 2 rings (SSSR count). The molecule has 4 nitrogen and oxygen atoms in total. The van der Waals surface area contributed by atoms with Gasteiger partial charge >= 0.3 is 5.54 Å². The highest BCUT2D eigenvalue weighted by atomic mass is 19.1. The first-order valence-electron chi connectivity index (χ1n) is 5.93. The number of Topliss-reactive ketones (excluding diaryl/α,β-unsaturated/α-hetero) is 1. The number of hydrogen-bond acceptors (Lipinski definition) is 3. The summed E-state index contributed by atoms with van der Waals surface area (Å²) in [5, 5.41) is 11.4. The van der Waals surface area contributed by atoms with Crippen LogP contribution in [0.15, 0.2) is 18.2 Å². The lowest BCUT2D eigenvalue weighted by atomic mass is 9.75. The summed E-state index contributed by atoms with van der Waals surface area (Å²) < 4.78 is 13.9. The van der Waals surface area contributed by atoms with Gasteiger partial charge in [0.05, 0.1) is 5.56 Å². The van der Waals surface area contributed by atoms with Gasteiger partial charge in [-0.05, 0) is 31.9 Å². The van der Waals surface area contributed by atoms with Crippen molar-refractivity contribution in [3.8, 4) is 0 Å². The fraction of sp³-hybridized carbons (Fsp3) is 0.462. The molecule has 1 aliphatic rings. The fourth-order valence-corrected chi connectivity index (χ4v) is 2.54. The molecule has 18 heavy (non-hydrogen) atoms. The Labute approximate surface area is 104 Å². The average Bonchev–Trinajstić information content (AvgIpc) is 2.33. The van der Waals surface area contributed by atoms with Gasteiger partial charge in [-0.25, -0.2) is 4.39 Å². The van der Waals surface area contributed by atoms with Crippen molar-refractivity contribution >= 4 is 5.78 Å². The molecule has 1 aromatic carbocycles. The van der Waals surface area contributed by atoms with Gasteiger partial charge in [0.2, 0.25) is 5.78 Å². The molecule has 0 saturated heterocycles. The molecule has 0 spiro atoms. The van der Waals surface area contributed by atoms with E-state index in [-0.39, 0.29) is 18.4 Å². The quantitative estimate of drug-likeness (QED) is 0.599. The Balaban J connectivity index is 2.63. The summed E-state index contributed by atoms with van der Waals surface area (Å²) in [6, 6.07) is 4.15. The lowest BCUT2D eigenvalue weighted by molar-refractivity contribution is -0.563. The Morgan fingerprint density at radius 1 is 1.39 bits per heavy atom. The highest BCUT2D eigenvalue weighted by Gasteiger charge is 2.54. The number of halogens is 1. The maximum absolute atomic E-state index is 13.9. The van der Waals surface area contributed by atoms with Gasteiger partial charge < -0.3 is 0 Å². The van der Waals surface area contributed by atoms with Gasteiger partial charge in [0.1, 0.15) is 5.82 Å². The maximum atomic E-state index is 13.9. The Bertz CT molecular complexity index is 515. The zero-order chi connectivity index (χ0) is 13.3. The van der Waals surface area contributed by atoms with Crippen LogP contribution in [0, 0.1) is 22.9 Å². The van der Waals surface area contributed by atoms with Crippen LogP contribution in [0.5, 0.6) is 0 Å². The predicted octanol–water partition coefficient (Wildman–Crippen LogP) is 2.75. The Kier molecular flexibility index (Phi) is 3.15. The van der Waals surface area contributed by atoms with Crippen molar-refractivity contribution in [2.45, 2.75) is 38.1 Å². The summed E-state index contributed by atoms with van der Waals surface area (Å²) in [7, 11) is 0. The van der Waals surface area contributed by atoms with Gasteiger partial charge in [-0.1, -0.05) is 11.6 Å². The minimum atomic E-state index is -1.88. The molecule has 0 radical (unpaired) electrons. The third-order valence-electron chi connectivity index (χ3n) is 3.53. The van der Waals surface area contributed by atoms with Crippen LogP contribution in [-0.4, -0.2) is 10.7 Å². The number of benzene rings is 1. The smallest absolute Gasteiger partial charge is 0.291 e. The van der Waals surface area contributed by atoms with E-state index >= 15 is 0 Å². The monoisotopic (exact) mass is 251 g/mol. The third-order valence-corrected chi connectivity index (χ3v) is 3.53. The standard InChI is InChI=1S/C13H14FNO3/c1-9-5-6-11(14)10(8-9)13(15(17)18)7-3-2-4-12(13)16/h5-6,8H,2-4,7H2,1H3. The molecule has 0 aliphatic heterocycles. The van der Waals surface area contributed by atoms with Crippen molar-refractivity contribution in [2.75, 3.05) is 0 Å². The predicted molar refractivity (Wildman–Crippen MR) is 63.3 cm³/mol. The molecular weight excluding hydrogens is 237 g/mol. The van der Waals surface area contributed by atoms with Crippen LogP contribution in [0.3, 0.4) is 0 Å². The summed E-state index contributed by atoms with van der Waals surface area (Å²) >= 11 is 0. The number of nitrogens with zero attached hydrogens (tertiary/aromatic N) is 1. The van der Waals surface area contributed by atoms with Crippen molar-refractivity contribution in [3.05, 3.63) is 45.3 Å². The summed E-state index contributed by atoms with van der Waals surface area (Å²) in [4.78, 5) is 22.8. The average molecular weight is 251 g/mol. The molecule has 5 heteroatoms. The third kappa shape index (κ3) is 1.79. The molecule has 96 valence electrons. The molecule has 1 atom stereocenters. The van der Waals surface area contributed by atoms with Crippen LogP contribution in [0.2, 0.25) is 0 Å². The molecule has 1 aromatic rings. The number of aryl methyl sites for hydroxylation is 1. The molecule has 1 saturated carbocycles. The second-order valence-corrected chi connectivity index (χ2v) is 4.73. The van der Waals surface area contributed by atoms with Gasteiger partial charge in [-0.2, -0.15) is 0 Å². The molecule has 0 bridgehead atoms. The van der Waals surface area contributed by atoms with Crippen LogP contribution in [0.25, 0.3) is 0 Å². The van der Waals surface area contributed by atoms with Crippen molar-refractivity contribution < 1.29 is 14.1 Å². The van der Waals surface area contributed by atoms with Crippen LogP contribution in [0.4, 0.5) is 4.39 Å². The SMILES string of the molecule is Cc1ccc(F)c(C2([N+](=O)[O-])CCCCC2=O)c1. The summed E-state index contributed by atoms with van der Waals surface area (Å²) in [6.45, 7) is 1.73. The van der Waals surface area contributed by atoms with E-state index in [0.717, 1.165) is 0 Å². The Morgan fingerprint density at radius 2 is 2.11 bits per heavy atom. The topological polar surface area (TPSA) is 60.2 Å². The lowest BCUT2D eigenvalue weighted by Gasteiger charge is -2.28. The number of nitro groups is 1. The fourth-order valence-electron chi connectivity index (χ4n) is 2.54. The second-order valence-electron chi connectivity index (χ2n) is 4.73. The molecule has 0 aromatic heterocycles. The van der Waals surface area contributed by atoms with Crippen molar-refractivity contribution in [2.24, 2.45) is 0 Å². The van der Waals surface area contributed by atoms with Gasteiger partial charge in [0.15, 0.2) is 0 Å². The number of carbonyl (C=O) groups excluding carboxylic acids is 1. The number of hydrogen-bond donors (Lipinski definition) is 0. The highest BCUT2D eigenvalue weighted by molar-refractivity contribution is 5.89. The van der Waals surface area contributed by atoms with Crippen molar-refractivity contribution in [1.29, 1.82) is 0 Å². The van der Waals surface area contributed by atoms with E-state index in [1.807, 2.05) is 0 Å². The van der Waals surface area contributed by atoms with E-state index in [4.69, 9.17) is 0 Å².